The molecule has 146 valence electrons. The summed E-state index contributed by atoms with van der Waals surface area (Å²) >= 11 is 0. The van der Waals surface area contributed by atoms with E-state index < -0.39 is 0 Å². The smallest absolute Gasteiger partial charge is 0.251 e. The second-order valence-corrected chi connectivity index (χ2v) is 6.79. The fourth-order valence-corrected chi connectivity index (χ4v) is 2.85. The minimum Gasteiger partial charge on any atom is -0.372 e. The lowest BCUT2D eigenvalue weighted by molar-refractivity contribution is 0.0951. The minimum atomic E-state index is -0.0871. The molecular weight excluding hydrogens is 338 g/mol. The van der Waals surface area contributed by atoms with E-state index in [-0.39, 0.29) is 5.91 Å². The monoisotopic (exact) mass is 369 g/mol. The molecule has 1 aromatic carbocycles. The lowest BCUT2D eigenvalue weighted by Crippen LogP contribution is -2.31. The number of aryl methyl sites for hydroxylation is 1. The first kappa shape index (κ1) is 20.7. The number of carbonyl (C=O) groups is 1. The molecule has 0 atom stereocenters. The molecule has 0 spiro atoms. The van der Waals surface area contributed by atoms with E-state index in [1.807, 2.05) is 19.0 Å². The summed E-state index contributed by atoms with van der Waals surface area (Å²) in [4.78, 5) is 21.0. The molecule has 2 rings (SSSR count). The fraction of sp³-hybridized carbons (Fsp3) is 0.429. The summed E-state index contributed by atoms with van der Waals surface area (Å²) in [6.45, 7) is 9.77. The lowest BCUT2D eigenvalue weighted by Gasteiger charge is -2.22. The summed E-state index contributed by atoms with van der Waals surface area (Å²) in [7, 11) is 3.96. The van der Waals surface area contributed by atoms with Crippen LogP contribution >= 0.6 is 0 Å². The molecule has 0 bridgehead atoms. The molecule has 27 heavy (non-hydrogen) atoms. The van der Waals surface area contributed by atoms with Crippen molar-refractivity contribution in [3.05, 3.63) is 47.7 Å². The number of rotatable bonds is 9. The number of pyridine rings is 1. The number of carbonyl (C=O) groups excluding carboxylic acids is 1. The molecule has 0 radical (unpaired) electrons. The molecule has 2 aromatic rings. The van der Waals surface area contributed by atoms with Crippen molar-refractivity contribution in [1.29, 1.82) is 0 Å². The van der Waals surface area contributed by atoms with E-state index in [0.717, 1.165) is 30.9 Å². The maximum Gasteiger partial charge on any atom is 0.251 e. The summed E-state index contributed by atoms with van der Waals surface area (Å²) < 4.78 is 0. The van der Waals surface area contributed by atoms with E-state index in [1.54, 1.807) is 18.3 Å². The van der Waals surface area contributed by atoms with Crippen LogP contribution in [0.2, 0.25) is 0 Å². The maximum atomic E-state index is 12.3. The van der Waals surface area contributed by atoms with E-state index in [1.165, 1.54) is 5.69 Å². The van der Waals surface area contributed by atoms with Gasteiger partial charge in [0.1, 0.15) is 5.82 Å². The first-order valence-corrected chi connectivity index (χ1v) is 9.46. The zero-order valence-electron chi connectivity index (χ0n) is 17.0. The third kappa shape index (κ3) is 5.96. The highest BCUT2D eigenvalue weighted by molar-refractivity contribution is 5.94. The van der Waals surface area contributed by atoms with Crippen LogP contribution in [0.4, 0.5) is 17.2 Å². The fourth-order valence-electron chi connectivity index (χ4n) is 2.85. The Labute approximate surface area is 162 Å². The van der Waals surface area contributed by atoms with Crippen molar-refractivity contribution in [3.63, 3.8) is 0 Å². The highest BCUT2D eigenvalue weighted by atomic mass is 16.1. The summed E-state index contributed by atoms with van der Waals surface area (Å²) in [6, 6.07) is 9.86. The number of benzene rings is 1. The number of nitrogens with one attached hydrogen (secondary N) is 2. The van der Waals surface area contributed by atoms with Crippen LogP contribution in [0.5, 0.6) is 0 Å². The number of aromatic nitrogens is 1. The molecule has 0 saturated carbocycles. The summed E-state index contributed by atoms with van der Waals surface area (Å²) in [5, 5.41) is 6.25. The van der Waals surface area contributed by atoms with E-state index in [0.29, 0.717) is 17.9 Å². The molecule has 2 N–H and O–H groups in total. The van der Waals surface area contributed by atoms with Crippen LogP contribution in [0.1, 0.15) is 29.8 Å². The average Bonchev–Trinajstić information content (AvgIpc) is 2.64. The van der Waals surface area contributed by atoms with Crippen LogP contribution < -0.4 is 15.5 Å². The Kier molecular flexibility index (Phi) is 7.61. The Morgan fingerprint density at radius 1 is 1.11 bits per heavy atom. The van der Waals surface area contributed by atoms with Gasteiger partial charge in [-0.05, 0) is 70.8 Å². The third-order valence-corrected chi connectivity index (χ3v) is 4.47. The number of likely N-dealkylation sites (N-methyl/N-ethyl adjacent to an activating group) is 1. The molecule has 0 saturated heterocycles. The van der Waals surface area contributed by atoms with Gasteiger partial charge < -0.3 is 20.4 Å². The highest BCUT2D eigenvalue weighted by Gasteiger charge is 2.09. The average molecular weight is 370 g/mol. The van der Waals surface area contributed by atoms with Crippen LogP contribution in [0, 0.1) is 6.92 Å². The molecule has 0 fully saturated rings. The Morgan fingerprint density at radius 3 is 2.48 bits per heavy atom. The zero-order chi connectivity index (χ0) is 19.8. The molecule has 0 aliphatic rings. The van der Waals surface area contributed by atoms with Gasteiger partial charge in [0, 0.05) is 49.3 Å². The minimum absolute atomic E-state index is 0.0871. The maximum absolute atomic E-state index is 12.3. The van der Waals surface area contributed by atoms with Crippen LogP contribution in [0.25, 0.3) is 0 Å². The first-order chi connectivity index (χ1) is 12.9. The SMILES string of the molecule is CCN(CC)c1ccc(Nc2cc(C(=O)NCCN(C)C)ccn2)c(C)c1. The number of hydrogen-bond donors (Lipinski definition) is 2. The van der Waals surface area contributed by atoms with Gasteiger partial charge in [-0.25, -0.2) is 4.98 Å². The second kappa shape index (κ2) is 9.92. The normalized spacial score (nSPS) is 10.7. The molecule has 0 aliphatic heterocycles. The molecular formula is C21H31N5O. The number of hydrogen-bond acceptors (Lipinski definition) is 5. The van der Waals surface area contributed by atoms with Crippen molar-refractivity contribution in [1.82, 2.24) is 15.2 Å². The molecule has 6 nitrogen and oxygen atoms in total. The van der Waals surface area contributed by atoms with Gasteiger partial charge in [-0.2, -0.15) is 0 Å². The van der Waals surface area contributed by atoms with Gasteiger partial charge in [0.15, 0.2) is 0 Å². The predicted octanol–water partition coefficient (Wildman–Crippen LogP) is 3.27. The number of anilines is 3. The van der Waals surface area contributed by atoms with Crippen molar-refractivity contribution >= 4 is 23.1 Å². The van der Waals surface area contributed by atoms with Crippen LogP contribution in [0.15, 0.2) is 36.5 Å². The molecule has 0 aliphatic carbocycles. The summed E-state index contributed by atoms with van der Waals surface area (Å²) in [5.74, 6) is 0.574. The first-order valence-electron chi connectivity index (χ1n) is 9.46. The molecule has 1 amide bonds. The van der Waals surface area contributed by atoms with Crippen molar-refractivity contribution in [2.75, 3.05) is 50.5 Å². The van der Waals surface area contributed by atoms with Crippen LogP contribution in [-0.2, 0) is 0 Å². The second-order valence-electron chi connectivity index (χ2n) is 6.79. The quantitative estimate of drug-likeness (QED) is 0.710. The van der Waals surface area contributed by atoms with Crippen molar-refractivity contribution in [2.45, 2.75) is 20.8 Å². The van der Waals surface area contributed by atoms with E-state index in [4.69, 9.17) is 0 Å². The van der Waals surface area contributed by atoms with Gasteiger partial charge in [-0.3, -0.25) is 4.79 Å². The molecule has 6 heteroatoms. The highest BCUT2D eigenvalue weighted by Crippen LogP contribution is 2.25. The van der Waals surface area contributed by atoms with Gasteiger partial charge >= 0.3 is 0 Å². The number of amides is 1. The van der Waals surface area contributed by atoms with Gasteiger partial charge in [0.25, 0.3) is 5.91 Å². The van der Waals surface area contributed by atoms with Crippen molar-refractivity contribution in [2.24, 2.45) is 0 Å². The van der Waals surface area contributed by atoms with Crippen molar-refractivity contribution in [3.8, 4) is 0 Å². The molecule has 1 aromatic heterocycles. The molecule has 1 heterocycles. The third-order valence-electron chi connectivity index (χ3n) is 4.47. The summed E-state index contributed by atoms with van der Waals surface area (Å²) in [6.07, 6.45) is 1.66. The van der Waals surface area contributed by atoms with E-state index in [2.05, 4.69) is 59.5 Å². The largest absolute Gasteiger partial charge is 0.372 e. The Hall–Kier alpha value is -2.60. The Balaban J connectivity index is 2.08. The van der Waals surface area contributed by atoms with Gasteiger partial charge in [-0.1, -0.05) is 0 Å². The molecule has 0 unspecified atom stereocenters. The Morgan fingerprint density at radius 2 is 1.85 bits per heavy atom. The van der Waals surface area contributed by atoms with Crippen LogP contribution in [0.3, 0.4) is 0 Å². The topological polar surface area (TPSA) is 60.5 Å². The predicted molar refractivity (Wildman–Crippen MR) is 113 cm³/mol. The lowest BCUT2D eigenvalue weighted by atomic mass is 10.1. The van der Waals surface area contributed by atoms with Gasteiger partial charge in [-0.15, -0.1) is 0 Å². The Bertz CT molecular complexity index is 756. The van der Waals surface area contributed by atoms with E-state index in [9.17, 15) is 4.79 Å². The number of nitrogens with zero attached hydrogens (tertiary/aromatic N) is 3. The summed E-state index contributed by atoms with van der Waals surface area (Å²) in [5.41, 5.74) is 3.94. The van der Waals surface area contributed by atoms with Gasteiger partial charge in [0.2, 0.25) is 0 Å². The van der Waals surface area contributed by atoms with Gasteiger partial charge in [0.05, 0.1) is 0 Å². The van der Waals surface area contributed by atoms with Crippen molar-refractivity contribution < 1.29 is 4.79 Å². The zero-order valence-corrected chi connectivity index (χ0v) is 17.0. The van der Waals surface area contributed by atoms with Crippen LogP contribution in [-0.4, -0.2) is 56.1 Å². The van der Waals surface area contributed by atoms with E-state index >= 15 is 0 Å². The standard InChI is InChI=1S/C21H31N5O/c1-6-26(7-2)18-8-9-19(16(3)14-18)24-20-15-17(10-11-22-20)21(27)23-12-13-25(4)5/h8-11,14-15H,6-7,12-13H2,1-5H3,(H,22,24)(H,23,27).